The summed E-state index contributed by atoms with van der Waals surface area (Å²) in [5.74, 6) is 0.279. The number of rotatable bonds is 3. The van der Waals surface area contributed by atoms with Gasteiger partial charge in [0.1, 0.15) is 12.1 Å². The molecule has 0 aromatic rings. The van der Waals surface area contributed by atoms with Gasteiger partial charge in [-0.3, -0.25) is 9.59 Å². The predicted octanol–water partition coefficient (Wildman–Crippen LogP) is 1.56. The van der Waals surface area contributed by atoms with E-state index in [1.807, 2.05) is 11.8 Å². The van der Waals surface area contributed by atoms with Crippen molar-refractivity contribution in [3.8, 4) is 0 Å². The fourth-order valence-electron chi connectivity index (χ4n) is 3.83. The molecule has 3 atom stereocenters. The molecule has 118 valence electrons. The zero-order valence-corrected chi connectivity index (χ0v) is 12.9. The lowest BCUT2D eigenvalue weighted by Crippen LogP contribution is -2.65. The van der Waals surface area contributed by atoms with E-state index >= 15 is 0 Å². The van der Waals surface area contributed by atoms with E-state index in [4.69, 9.17) is 4.74 Å². The second-order valence-electron chi connectivity index (χ2n) is 6.53. The lowest BCUT2D eigenvalue weighted by Gasteiger charge is -2.46. The molecule has 3 rings (SSSR count). The number of hydrogen-bond donors (Lipinski definition) is 0. The van der Waals surface area contributed by atoms with Crippen LogP contribution in [0.5, 0.6) is 0 Å². The fourth-order valence-corrected chi connectivity index (χ4v) is 3.83. The van der Waals surface area contributed by atoms with Crippen molar-refractivity contribution in [2.75, 3.05) is 19.7 Å². The molecular weight excluding hydrogens is 268 g/mol. The fraction of sp³-hybridized carbons (Fsp3) is 0.875. The van der Waals surface area contributed by atoms with Gasteiger partial charge in [-0.15, -0.1) is 0 Å². The molecule has 0 radical (unpaired) electrons. The van der Waals surface area contributed by atoms with Crippen molar-refractivity contribution < 1.29 is 14.3 Å². The molecular formula is C16H26N2O3. The van der Waals surface area contributed by atoms with Crippen molar-refractivity contribution in [3.05, 3.63) is 0 Å². The summed E-state index contributed by atoms with van der Waals surface area (Å²) in [4.78, 5) is 28.8. The van der Waals surface area contributed by atoms with Gasteiger partial charge >= 0.3 is 0 Å². The molecule has 0 spiro atoms. The lowest BCUT2D eigenvalue weighted by atomic mass is 9.95. The Morgan fingerprint density at radius 3 is 2.67 bits per heavy atom. The molecule has 3 unspecified atom stereocenters. The second kappa shape index (κ2) is 6.34. The number of nitrogens with zero attached hydrogens (tertiary/aromatic N) is 2. The number of piperidine rings is 1. The summed E-state index contributed by atoms with van der Waals surface area (Å²) in [6, 6.07) is -0.509. The van der Waals surface area contributed by atoms with Crippen LogP contribution in [0, 0.1) is 0 Å². The SMILES string of the molecule is CC1C(=O)N2CCCCC2C(=O)N1CCC1CCCCO1. The number of fused-ring (bicyclic) bond motifs is 1. The smallest absolute Gasteiger partial charge is 0.246 e. The number of carbonyl (C=O) groups excluding carboxylic acids is 2. The average Bonchev–Trinajstić information content (AvgIpc) is 2.54. The van der Waals surface area contributed by atoms with Crippen LogP contribution in [0.25, 0.3) is 0 Å². The van der Waals surface area contributed by atoms with E-state index in [0.717, 1.165) is 51.7 Å². The molecule has 2 amide bonds. The number of carbonyl (C=O) groups is 2. The number of ether oxygens (including phenoxy) is 1. The first-order valence-corrected chi connectivity index (χ1v) is 8.41. The number of hydrogen-bond acceptors (Lipinski definition) is 3. The van der Waals surface area contributed by atoms with Gasteiger partial charge in [-0.1, -0.05) is 0 Å². The molecule has 0 aromatic carbocycles. The van der Waals surface area contributed by atoms with Crippen molar-refractivity contribution in [2.24, 2.45) is 0 Å². The van der Waals surface area contributed by atoms with E-state index in [1.54, 1.807) is 4.90 Å². The maximum absolute atomic E-state index is 12.7. The summed E-state index contributed by atoms with van der Waals surface area (Å²) in [5, 5.41) is 0. The summed E-state index contributed by atoms with van der Waals surface area (Å²) in [6.45, 7) is 4.11. The van der Waals surface area contributed by atoms with E-state index < -0.39 is 0 Å². The molecule has 3 aliphatic heterocycles. The molecule has 0 saturated carbocycles. The van der Waals surface area contributed by atoms with Crippen LogP contribution in [0.3, 0.4) is 0 Å². The molecule has 0 bridgehead atoms. The highest BCUT2D eigenvalue weighted by atomic mass is 16.5. The Bertz CT molecular complexity index is 406. The van der Waals surface area contributed by atoms with Gasteiger partial charge in [-0.2, -0.15) is 0 Å². The first-order chi connectivity index (χ1) is 10.2. The summed E-state index contributed by atoms with van der Waals surface area (Å²) in [7, 11) is 0. The van der Waals surface area contributed by atoms with Crippen LogP contribution in [-0.2, 0) is 14.3 Å². The van der Waals surface area contributed by atoms with Crippen LogP contribution in [-0.4, -0.2) is 59.5 Å². The van der Waals surface area contributed by atoms with Gasteiger partial charge in [-0.25, -0.2) is 0 Å². The highest BCUT2D eigenvalue weighted by molar-refractivity contribution is 5.96. The molecule has 5 heteroatoms. The van der Waals surface area contributed by atoms with Crippen LogP contribution >= 0.6 is 0 Å². The second-order valence-corrected chi connectivity index (χ2v) is 6.53. The minimum Gasteiger partial charge on any atom is -0.378 e. The highest BCUT2D eigenvalue weighted by Gasteiger charge is 2.44. The highest BCUT2D eigenvalue weighted by Crippen LogP contribution is 2.27. The van der Waals surface area contributed by atoms with Gasteiger partial charge in [0.25, 0.3) is 0 Å². The van der Waals surface area contributed by atoms with E-state index in [9.17, 15) is 9.59 Å². The van der Waals surface area contributed by atoms with Gasteiger partial charge in [0.05, 0.1) is 6.10 Å². The third-order valence-electron chi connectivity index (χ3n) is 5.14. The van der Waals surface area contributed by atoms with E-state index in [0.29, 0.717) is 6.54 Å². The zero-order valence-electron chi connectivity index (χ0n) is 12.9. The predicted molar refractivity (Wildman–Crippen MR) is 78.7 cm³/mol. The van der Waals surface area contributed by atoms with Gasteiger partial charge in [0.2, 0.25) is 11.8 Å². The minimum atomic E-state index is -0.310. The molecule has 3 heterocycles. The van der Waals surface area contributed by atoms with Crippen LogP contribution in [0.15, 0.2) is 0 Å². The molecule has 3 aliphatic rings. The van der Waals surface area contributed by atoms with Crippen LogP contribution in [0.1, 0.15) is 51.9 Å². The topological polar surface area (TPSA) is 49.9 Å². The van der Waals surface area contributed by atoms with E-state index in [1.165, 1.54) is 6.42 Å². The van der Waals surface area contributed by atoms with E-state index in [2.05, 4.69) is 0 Å². The van der Waals surface area contributed by atoms with E-state index in [-0.39, 0.29) is 30.0 Å². The van der Waals surface area contributed by atoms with Gasteiger partial charge in [-0.05, 0) is 51.9 Å². The third kappa shape index (κ3) is 2.93. The monoisotopic (exact) mass is 294 g/mol. The third-order valence-corrected chi connectivity index (χ3v) is 5.14. The summed E-state index contributed by atoms with van der Waals surface area (Å²) < 4.78 is 5.74. The Balaban J connectivity index is 1.63. The van der Waals surface area contributed by atoms with Crippen LogP contribution < -0.4 is 0 Å². The number of amides is 2. The quantitative estimate of drug-likeness (QED) is 0.793. The first kappa shape index (κ1) is 14.8. The molecule has 21 heavy (non-hydrogen) atoms. The maximum Gasteiger partial charge on any atom is 0.246 e. The minimum absolute atomic E-state index is 0.129. The average molecular weight is 294 g/mol. The van der Waals surface area contributed by atoms with Crippen LogP contribution in [0.4, 0.5) is 0 Å². The molecule has 3 saturated heterocycles. The molecule has 5 nitrogen and oxygen atoms in total. The standard InChI is InChI=1S/C16H26N2O3/c1-12-15(19)18-9-4-2-7-14(18)16(20)17(12)10-8-13-6-3-5-11-21-13/h12-14H,2-11H2,1H3. The normalized spacial score (nSPS) is 34.0. The van der Waals surface area contributed by atoms with Crippen molar-refractivity contribution in [1.29, 1.82) is 0 Å². The van der Waals surface area contributed by atoms with Crippen LogP contribution in [0.2, 0.25) is 0 Å². The van der Waals surface area contributed by atoms with Gasteiger partial charge < -0.3 is 14.5 Å². The molecule has 3 fully saturated rings. The largest absolute Gasteiger partial charge is 0.378 e. The van der Waals surface area contributed by atoms with Gasteiger partial charge in [0, 0.05) is 19.7 Å². The van der Waals surface area contributed by atoms with Crippen molar-refractivity contribution >= 4 is 11.8 Å². The summed E-state index contributed by atoms with van der Waals surface area (Å²) in [6.07, 6.45) is 7.46. The molecule has 0 N–H and O–H groups in total. The number of piperazine rings is 1. The Hall–Kier alpha value is -1.10. The zero-order chi connectivity index (χ0) is 14.8. The molecule has 0 aromatic heterocycles. The van der Waals surface area contributed by atoms with Crippen molar-refractivity contribution in [1.82, 2.24) is 9.80 Å². The lowest BCUT2D eigenvalue weighted by molar-refractivity contribution is -0.163. The summed E-state index contributed by atoms with van der Waals surface area (Å²) in [5.41, 5.74) is 0. The summed E-state index contributed by atoms with van der Waals surface area (Å²) >= 11 is 0. The van der Waals surface area contributed by atoms with Crippen molar-refractivity contribution in [3.63, 3.8) is 0 Å². The Kier molecular flexibility index (Phi) is 4.48. The Morgan fingerprint density at radius 1 is 1.10 bits per heavy atom. The Morgan fingerprint density at radius 2 is 1.90 bits per heavy atom. The maximum atomic E-state index is 12.7. The van der Waals surface area contributed by atoms with Crippen molar-refractivity contribution in [2.45, 2.75) is 70.1 Å². The Labute approximate surface area is 126 Å². The first-order valence-electron chi connectivity index (χ1n) is 8.41. The van der Waals surface area contributed by atoms with Gasteiger partial charge in [0.15, 0.2) is 0 Å². The molecule has 0 aliphatic carbocycles.